The lowest BCUT2D eigenvalue weighted by Gasteiger charge is -2.19. The summed E-state index contributed by atoms with van der Waals surface area (Å²) in [6.45, 7) is 4.51. The van der Waals surface area contributed by atoms with Crippen LogP contribution in [-0.2, 0) is 6.42 Å². The molecule has 1 aromatic carbocycles. The average Bonchev–Trinajstić information content (AvgIpc) is 2.91. The van der Waals surface area contributed by atoms with Gasteiger partial charge in [-0.1, -0.05) is 36.4 Å². The summed E-state index contributed by atoms with van der Waals surface area (Å²) in [4.78, 5) is 1.42. The molecule has 1 unspecified atom stereocenters. The van der Waals surface area contributed by atoms with E-state index >= 15 is 0 Å². The molecule has 2 atom stereocenters. The molecule has 18 heavy (non-hydrogen) atoms. The second-order valence-electron chi connectivity index (χ2n) is 4.83. The van der Waals surface area contributed by atoms with Crippen LogP contribution in [0.1, 0.15) is 36.8 Å². The highest BCUT2D eigenvalue weighted by Crippen LogP contribution is 2.19. The summed E-state index contributed by atoms with van der Waals surface area (Å²) in [7, 11) is 0. The lowest BCUT2D eigenvalue weighted by molar-refractivity contribution is 0.460. The Balaban J connectivity index is 1.77. The predicted molar refractivity (Wildman–Crippen MR) is 80.1 cm³/mol. The Hall–Kier alpha value is -1.12. The molecule has 0 spiro atoms. The van der Waals surface area contributed by atoms with E-state index in [2.05, 4.69) is 67.0 Å². The zero-order valence-corrected chi connectivity index (χ0v) is 11.9. The van der Waals surface area contributed by atoms with Crippen LogP contribution in [0.5, 0.6) is 0 Å². The molecule has 0 saturated carbocycles. The molecule has 1 N–H and O–H groups in total. The third kappa shape index (κ3) is 3.97. The van der Waals surface area contributed by atoms with Crippen LogP contribution in [-0.4, -0.2) is 6.04 Å². The Morgan fingerprint density at radius 3 is 2.50 bits per heavy atom. The summed E-state index contributed by atoms with van der Waals surface area (Å²) in [5, 5.41) is 5.80. The number of hydrogen-bond acceptors (Lipinski definition) is 2. The minimum absolute atomic E-state index is 0.454. The summed E-state index contributed by atoms with van der Waals surface area (Å²) in [5.74, 6) is 0. The minimum atomic E-state index is 0.454. The van der Waals surface area contributed by atoms with Crippen molar-refractivity contribution in [1.82, 2.24) is 5.32 Å². The fourth-order valence-electron chi connectivity index (χ4n) is 2.16. The van der Waals surface area contributed by atoms with Crippen LogP contribution in [0, 0.1) is 0 Å². The molecule has 0 amide bonds. The van der Waals surface area contributed by atoms with Crippen molar-refractivity contribution in [3.63, 3.8) is 0 Å². The van der Waals surface area contributed by atoms with E-state index in [0.29, 0.717) is 12.1 Å². The van der Waals surface area contributed by atoms with Crippen molar-refractivity contribution in [3.05, 3.63) is 58.3 Å². The van der Waals surface area contributed by atoms with Crippen molar-refractivity contribution in [2.45, 2.75) is 38.8 Å². The molecular formula is C16H21NS. The van der Waals surface area contributed by atoms with Crippen molar-refractivity contribution in [2.75, 3.05) is 0 Å². The van der Waals surface area contributed by atoms with Crippen LogP contribution >= 0.6 is 11.3 Å². The van der Waals surface area contributed by atoms with E-state index in [1.54, 1.807) is 0 Å². The average molecular weight is 259 g/mol. The van der Waals surface area contributed by atoms with E-state index in [1.807, 2.05) is 11.3 Å². The second-order valence-corrected chi connectivity index (χ2v) is 5.81. The normalized spacial score (nSPS) is 14.3. The molecule has 0 aliphatic heterocycles. The summed E-state index contributed by atoms with van der Waals surface area (Å²) in [6, 6.07) is 16.0. The molecule has 1 nitrogen and oxygen atoms in total. The molecule has 0 aliphatic rings. The van der Waals surface area contributed by atoms with Gasteiger partial charge in [-0.05, 0) is 43.7 Å². The van der Waals surface area contributed by atoms with E-state index < -0.39 is 0 Å². The first kappa shape index (κ1) is 13.3. The van der Waals surface area contributed by atoms with E-state index in [-0.39, 0.29) is 0 Å². The molecular weight excluding hydrogens is 238 g/mol. The molecule has 1 heterocycles. The Bertz CT molecular complexity index is 435. The minimum Gasteiger partial charge on any atom is -0.307 e. The van der Waals surface area contributed by atoms with E-state index in [9.17, 15) is 0 Å². The lowest BCUT2D eigenvalue weighted by Crippen LogP contribution is -2.28. The number of hydrogen-bond donors (Lipinski definition) is 1. The third-order valence-electron chi connectivity index (χ3n) is 3.21. The number of aryl methyl sites for hydroxylation is 1. The van der Waals surface area contributed by atoms with Gasteiger partial charge in [0.2, 0.25) is 0 Å². The van der Waals surface area contributed by atoms with Gasteiger partial charge < -0.3 is 5.32 Å². The van der Waals surface area contributed by atoms with Gasteiger partial charge in [0.1, 0.15) is 0 Å². The van der Waals surface area contributed by atoms with E-state index in [4.69, 9.17) is 0 Å². The number of nitrogens with one attached hydrogen (secondary N) is 1. The zero-order chi connectivity index (χ0) is 12.8. The quantitative estimate of drug-likeness (QED) is 0.809. The highest BCUT2D eigenvalue weighted by atomic mass is 32.1. The maximum atomic E-state index is 3.66. The van der Waals surface area contributed by atoms with Gasteiger partial charge >= 0.3 is 0 Å². The molecule has 1 aromatic heterocycles. The first-order valence-electron chi connectivity index (χ1n) is 6.59. The SMILES string of the molecule is CC(CCc1ccccc1)N[C@@H](C)c1cccs1. The van der Waals surface area contributed by atoms with Gasteiger partial charge in [0.25, 0.3) is 0 Å². The largest absolute Gasteiger partial charge is 0.307 e. The maximum Gasteiger partial charge on any atom is 0.0388 e. The van der Waals surface area contributed by atoms with Gasteiger partial charge in [-0.3, -0.25) is 0 Å². The first-order chi connectivity index (χ1) is 8.75. The Labute approximate surface area is 114 Å². The summed E-state index contributed by atoms with van der Waals surface area (Å²) >= 11 is 1.82. The van der Waals surface area contributed by atoms with Gasteiger partial charge in [-0.25, -0.2) is 0 Å². The maximum absolute atomic E-state index is 3.66. The Morgan fingerprint density at radius 2 is 1.83 bits per heavy atom. The van der Waals surface area contributed by atoms with Gasteiger partial charge in [-0.2, -0.15) is 0 Å². The summed E-state index contributed by atoms with van der Waals surface area (Å²) in [5.41, 5.74) is 1.43. The lowest BCUT2D eigenvalue weighted by atomic mass is 10.1. The molecule has 96 valence electrons. The van der Waals surface area contributed by atoms with Crippen LogP contribution in [0.25, 0.3) is 0 Å². The van der Waals surface area contributed by atoms with Gasteiger partial charge in [0, 0.05) is 17.0 Å². The first-order valence-corrected chi connectivity index (χ1v) is 7.47. The highest BCUT2D eigenvalue weighted by Gasteiger charge is 2.09. The number of benzene rings is 1. The van der Waals surface area contributed by atoms with Crippen molar-refractivity contribution in [1.29, 1.82) is 0 Å². The topological polar surface area (TPSA) is 12.0 Å². The fourth-order valence-corrected chi connectivity index (χ4v) is 2.90. The van der Waals surface area contributed by atoms with Crippen LogP contribution in [0.4, 0.5) is 0 Å². The monoisotopic (exact) mass is 259 g/mol. The summed E-state index contributed by atoms with van der Waals surface area (Å²) in [6.07, 6.45) is 2.33. The van der Waals surface area contributed by atoms with Crippen molar-refractivity contribution in [2.24, 2.45) is 0 Å². The zero-order valence-electron chi connectivity index (χ0n) is 11.1. The molecule has 0 aliphatic carbocycles. The summed E-state index contributed by atoms with van der Waals surface area (Å²) < 4.78 is 0. The molecule has 0 radical (unpaired) electrons. The smallest absolute Gasteiger partial charge is 0.0388 e. The number of thiophene rings is 1. The van der Waals surface area contributed by atoms with Gasteiger partial charge in [0.05, 0.1) is 0 Å². The molecule has 2 heteroatoms. The number of rotatable bonds is 6. The fraction of sp³-hybridized carbons (Fsp3) is 0.375. The van der Waals surface area contributed by atoms with Crippen LogP contribution in [0.15, 0.2) is 47.8 Å². The predicted octanol–water partition coefficient (Wildman–Crippen LogP) is 4.42. The molecule has 2 aromatic rings. The van der Waals surface area contributed by atoms with Crippen molar-refractivity contribution < 1.29 is 0 Å². The van der Waals surface area contributed by atoms with Crippen molar-refractivity contribution >= 4 is 11.3 Å². The Morgan fingerprint density at radius 1 is 1.06 bits per heavy atom. The van der Waals surface area contributed by atoms with Gasteiger partial charge in [-0.15, -0.1) is 11.3 Å². The van der Waals surface area contributed by atoms with Crippen LogP contribution in [0.3, 0.4) is 0 Å². The standard InChI is InChI=1S/C16H21NS/c1-13(10-11-15-7-4-3-5-8-15)17-14(2)16-9-6-12-18-16/h3-9,12-14,17H,10-11H2,1-2H3/t13?,14-/m0/s1. The second kappa shape index (κ2) is 6.72. The van der Waals surface area contributed by atoms with Gasteiger partial charge in [0.15, 0.2) is 0 Å². The Kier molecular flexibility index (Phi) is 4.97. The molecule has 0 saturated heterocycles. The van der Waals surface area contributed by atoms with Crippen LogP contribution in [0.2, 0.25) is 0 Å². The molecule has 2 rings (SSSR count). The molecule has 0 fully saturated rings. The van der Waals surface area contributed by atoms with Crippen LogP contribution < -0.4 is 5.32 Å². The van der Waals surface area contributed by atoms with E-state index in [1.165, 1.54) is 16.9 Å². The third-order valence-corrected chi connectivity index (χ3v) is 4.27. The highest BCUT2D eigenvalue weighted by molar-refractivity contribution is 7.10. The van der Waals surface area contributed by atoms with E-state index in [0.717, 1.165) is 6.42 Å². The van der Waals surface area contributed by atoms with Crippen molar-refractivity contribution in [3.8, 4) is 0 Å². The molecule has 0 bridgehead atoms.